The predicted octanol–water partition coefficient (Wildman–Crippen LogP) is 0.245. The summed E-state index contributed by atoms with van der Waals surface area (Å²) in [5.74, 6) is 0. The molecular weight excluding hydrogens is 128 g/mol. The van der Waals surface area contributed by atoms with Gasteiger partial charge in [-0.2, -0.15) is 0 Å². The molecule has 0 saturated heterocycles. The first kappa shape index (κ1) is 5.31. The first-order valence-electron chi connectivity index (χ1n) is 2.00. The summed E-state index contributed by atoms with van der Waals surface area (Å²) in [5.41, 5.74) is -0.450. The highest BCUT2D eigenvalue weighted by Crippen LogP contribution is 1.77. The van der Waals surface area contributed by atoms with Crippen molar-refractivity contribution in [3.8, 4) is 0 Å². The zero-order chi connectivity index (χ0) is 5.98. The molecule has 0 aliphatic rings. The average molecular weight is 131 g/mol. The van der Waals surface area contributed by atoms with E-state index in [0.29, 0.717) is 0 Å². The van der Waals surface area contributed by atoms with Crippen LogP contribution in [0, 0.1) is 0 Å². The summed E-state index contributed by atoms with van der Waals surface area (Å²) < 4.78 is 0.889. The van der Waals surface area contributed by atoms with E-state index in [-0.39, 0.29) is 0 Å². The van der Waals surface area contributed by atoms with Crippen LogP contribution in [0.5, 0.6) is 0 Å². The lowest BCUT2D eigenvalue weighted by molar-refractivity contribution is 1.01. The Balaban J connectivity index is 3.35. The maximum atomic E-state index is 10.3. The van der Waals surface area contributed by atoms with E-state index in [1.807, 2.05) is 0 Å². The van der Waals surface area contributed by atoms with Crippen LogP contribution in [0.1, 0.15) is 0 Å². The second kappa shape index (κ2) is 1.96. The van der Waals surface area contributed by atoms with E-state index in [2.05, 4.69) is 4.98 Å². The van der Waals surface area contributed by atoms with Crippen LogP contribution in [0.3, 0.4) is 0 Å². The molecule has 8 heavy (non-hydrogen) atoms. The minimum atomic E-state index is -0.450. The lowest BCUT2D eigenvalue weighted by Crippen LogP contribution is -2.13. The topological polar surface area (TPSA) is 34.9 Å². The zero-order valence-corrected chi connectivity index (χ0v) is 4.67. The van der Waals surface area contributed by atoms with Gasteiger partial charge >= 0.3 is 5.69 Å². The fraction of sp³-hybridized carbons (Fsp3) is 0. The summed E-state index contributed by atoms with van der Waals surface area (Å²) in [4.78, 5) is 13.7. The van der Waals surface area contributed by atoms with Crippen LogP contribution in [0.4, 0.5) is 0 Å². The van der Waals surface area contributed by atoms with Crippen molar-refractivity contribution in [3.05, 3.63) is 28.9 Å². The van der Waals surface area contributed by atoms with Crippen molar-refractivity contribution < 1.29 is 0 Å². The third-order valence-electron chi connectivity index (χ3n) is 0.671. The van der Waals surface area contributed by atoms with Crippen molar-refractivity contribution in [2.75, 3.05) is 0 Å². The fourth-order valence-electron chi connectivity index (χ4n) is 0.340. The molecule has 42 valence electrons. The number of aromatic nitrogens is 2. The predicted molar refractivity (Wildman–Crippen MR) is 29.7 cm³/mol. The Morgan fingerprint density at radius 2 is 2.50 bits per heavy atom. The molecule has 1 rings (SSSR count). The molecule has 0 aliphatic carbocycles. The van der Waals surface area contributed by atoms with E-state index in [1.165, 1.54) is 12.4 Å². The molecule has 3 nitrogen and oxygen atoms in total. The highest BCUT2D eigenvalue weighted by atomic mass is 35.5. The monoisotopic (exact) mass is 130 g/mol. The van der Waals surface area contributed by atoms with Gasteiger partial charge < -0.3 is 0 Å². The maximum absolute atomic E-state index is 10.3. The standard InChI is InChI=1S/C4H3ClN2O/c5-7-3-1-2-6-4(7)8/h1-3H. The normalized spacial score (nSPS) is 9.12. The van der Waals surface area contributed by atoms with Crippen LogP contribution >= 0.6 is 11.8 Å². The van der Waals surface area contributed by atoms with Gasteiger partial charge in [-0.1, -0.05) is 0 Å². The highest BCUT2D eigenvalue weighted by Gasteiger charge is 1.83. The van der Waals surface area contributed by atoms with Gasteiger partial charge in [0.25, 0.3) is 0 Å². The molecule has 1 aromatic rings. The Kier molecular flexibility index (Phi) is 1.30. The molecule has 1 heterocycles. The molecule has 0 saturated carbocycles. The highest BCUT2D eigenvalue weighted by molar-refractivity contribution is 6.15. The van der Waals surface area contributed by atoms with Crippen LogP contribution < -0.4 is 5.69 Å². The molecule has 1 aromatic heterocycles. The number of nitrogens with zero attached hydrogens (tertiary/aromatic N) is 2. The first-order valence-corrected chi connectivity index (χ1v) is 2.34. The van der Waals surface area contributed by atoms with Gasteiger partial charge in [-0.05, 0) is 6.07 Å². The molecule has 0 radical (unpaired) electrons. The van der Waals surface area contributed by atoms with Crippen molar-refractivity contribution in [3.63, 3.8) is 0 Å². The van der Waals surface area contributed by atoms with E-state index in [0.717, 1.165) is 4.09 Å². The van der Waals surface area contributed by atoms with Gasteiger partial charge in [-0.15, -0.1) is 0 Å². The molecule has 0 aliphatic heterocycles. The molecule has 0 amide bonds. The Morgan fingerprint density at radius 3 is 2.88 bits per heavy atom. The second-order valence-electron chi connectivity index (χ2n) is 1.21. The van der Waals surface area contributed by atoms with Gasteiger partial charge in [0.2, 0.25) is 0 Å². The summed E-state index contributed by atoms with van der Waals surface area (Å²) in [6, 6.07) is 1.58. The third kappa shape index (κ3) is 0.869. The number of halogens is 1. The number of rotatable bonds is 0. The fourth-order valence-corrected chi connectivity index (χ4v) is 0.448. The van der Waals surface area contributed by atoms with Crippen LogP contribution in [-0.4, -0.2) is 9.07 Å². The van der Waals surface area contributed by atoms with Crippen molar-refractivity contribution in [1.82, 2.24) is 9.07 Å². The summed E-state index contributed by atoms with van der Waals surface area (Å²) >= 11 is 5.25. The molecule has 0 aromatic carbocycles. The average Bonchev–Trinajstić information content (AvgIpc) is 1.77. The molecule has 4 heteroatoms. The van der Waals surface area contributed by atoms with Gasteiger partial charge in [0, 0.05) is 24.2 Å². The van der Waals surface area contributed by atoms with Gasteiger partial charge in [-0.3, -0.25) is 0 Å². The van der Waals surface area contributed by atoms with Gasteiger partial charge in [0.15, 0.2) is 0 Å². The maximum Gasteiger partial charge on any atom is 0.362 e. The minimum Gasteiger partial charge on any atom is -0.244 e. The third-order valence-corrected chi connectivity index (χ3v) is 0.928. The molecule has 0 bridgehead atoms. The van der Waals surface area contributed by atoms with Crippen molar-refractivity contribution in [1.29, 1.82) is 0 Å². The summed E-state index contributed by atoms with van der Waals surface area (Å²) in [6.45, 7) is 0. The Hall–Kier alpha value is -0.830. The Labute approximate surface area is 50.7 Å². The van der Waals surface area contributed by atoms with Gasteiger partial charge in [-0.25, -0.2) is 13.9 Å². The molecule has 0 unspecified atom stereocenters. The summed E-state index contributed by atoms with van der Waals surface area (Å²) in [6.07, 6.45) is 2.82. The largest absolute Gasteiger partial charge is 0.362 e. The lowest BCUT2D eigenvalue weighted by atomic mass is 10.7. The first-order chi connectivity index (χ1) is 3.80. The molecule has 0 N–H and O–H groups in total. The molecule has 0 spiro atoms. The quantitative estimate of drug-likeness (QED) is 0.505. The summed E-state index contributed by atoms with van der Waals surface area (Å²) in [7, 11) is 0. The number of hydrogen-bond acceptors (Lipinski definition) is 2. The molecular formula is C4H3ClN2O. The number of hydrogen-bond donors (Lipinski definition) is 0. The second-order valence-corrected chi connectivity index (χ2v) is 1.58. The van der Waals surface area contributed by atoms with Crippen LogP contribution in [0.25, 0.3) is 0 Å². The Morgan fingerprint density at radius 1 is 1.75 bits per heavy atom. The van der Waals surface area contributed by atoms with E-state index in [4.69, 9.17) is 11.8 Å². The lowest BCUT2D eigenvalue weighted by Gasteiger charge is -1.84. The van der Waals surface area contributed by atoms with Crippen LogP contribution in [-0.2, 0) is 0 Å². The van der Waals surface area contributed by atoms with E-state index < -0.39 is 5.69 Å². The Bertz CT molecular complexity index is 231. The molecule has 0 atom stereocenters. The van der Waals surface area contributed by atoms with E-state index >= 15 is 0 Å². The smallest absolute Gasteiger partial charge is 0.244 e. The SMILES string of the molecule is O=c1ncccn1Cl. The summed E-state index contributed by atoms with van der Waals surface area (Å²) in [5, 5.41) is 0. The van der Waals surface area contributed by atoms with Crippen LogP contribution in [0.15, 0.2) is 23.3 Å². The van der Waals surface area contributed by atoms with Gasteiger partial charge in [0.1, 0.15) is 0 Å². The van der Waals surface area contributed by atoms with Gasteiger partial charge in [0.05, 0.1) is 0 Å². The van der Waals surface area contributed by atoms with Crippen molar-refractivity contribution in [2.24, 2.45) is 0 Å². The minimum absolute atomic E-state index is 0.450. The van der Waals surface area contributed by atoms with Crippen molar-refractivity contribution >= 4 is 11.8 Å². The molecule has 0 fully saturated rings. The van der Waals surface area contributed by atoms with Crippen LogP contribution in [0.2, 0.25) is 0 Å². The van der Waals surface area contributed by atoms with Crippen molar-refractivity contribution in [2.45, 2.75) is 0 Å². The zero-order valence-electron chi connectivity index (χ0n) is 3.91. The van der Waals surface area contributed by atoms with E-state index in [9.17, 15) is 4.79 Å². The van der Waals surface area contributed by atoms with E-state index in [1.54, 1.807) is 6.07 Å².